The van der Waals surface area contributed by atoms with Crippen LogP contribution in [0.2, 0.25) is 0 Å². The number of anilines is 1. The second kappa shape index (κ2) is 9.24. The van der Waals surface area contributed by atoms with Crippen molar-refractivity contribution in [1.29, 1.82) is 0 Å². The van der Waals surface area contributed by atoms with Gasteiger partial charge in [-0.2, -0.15) is 0 Å². The first-order chi connectivity index (χ1) is 16.6. The van der Waals surface area contributed by atoms with Crippen molar-refractivity contribution in [2.75, 3.05) is 11.9 Å². The van der Waals surface area contributed by atoms with Crippen LogP contribution in [0.1, 0.15) is 10.4 Å². The van der Waals surface area contributed by atoms with E-state index in [0.717, 1.165) is 16.6 Å². The van der Waals surface area contributed by atoms with E-state index in [1.165, 1.54) is 23.5 Å². The third-order valence-corrected chi connectivity index (χ3v) is 5.77. The lowest BCUT2D eigenvalue weighted by Crippen LogP contribution is -2.21. The second-order valence-electron chi connectivity index (χ2n) is 7.32. The topological polar surface area (TPSA) is 97.0 Å². The summed E-state index contributed by atoms with van der Waals surface area (Å²) in [5.74, 6) is -0.961. The van der Waals surface area contributed by atoms with E-state index in [-0.39, 0.29) is 5.82 Å². The van der Waals surface area contributed by atoms with Gasteiger partial charge in [-0.25, -0.2) is 19.2 Å². The van der Waals surface area contributed by atoms with Crippen LogP contribution in [0.15, 0.2) is 78.2 Å². The molecule has 0 bridgehead atoms. The number of hydrogen-bond acceptors (Lipinski definition) is 6. The molecular formula is C25H17FN4O3S. The van der Waals surface area contributed by atoms with E-state index < -0.39 is 18.5 Å². The van der Waals surface area contributed by atoms with Crippen molar-refractivity contribution in [3.8, 4) is 22.6 Å². The molecule has 1 amide bonds. The van der Waals surface area contributed by atoms with Gasteiger partial charge in [-0.15, -0.1) is 11.3 Å². The quantitative estimate of drug-likeness (QED) is 0.328. The van der Waals surface area contributed by atoms with Gasteiger partial charge in [0.25, 0.3) is 5.91 Å². The number of para-hydroxylation sites is 2. The van der Waals surface area contributed by atoms with Gasteiger partial charge in [0.2, 0.25) is 0 Å². The fourth-order valence-corrected chi connectivity index (χ4v) is 4.13. The number of nitrogens with zero attached hydrogens (tertiary/aromatic N) is 2. The Labute approximate surface area is 197 Å². The Hall–Kier alpha value is -4.37. The van der Waals surface area contributed by atoms with Crippen LogP contribution in [0.4, 0.5) is 9.52 Å². The Morgan fingerprint density at radius 2 is 1.74 bits per heavy atom. The van der Waals surface area contributed by atoms with Gasteiger partial charge >= 0.3 is 5.97 Å². The number of imidazole rings is 1. The fraction of sp³-hybridized carbons (Fsp3) is 0.0400. The van der Waals surface area contributed by atoms with Gasteiger partial charge < -0.3 is 9.72 Å². The predicted octanol–water partition coefficient (Wildman–Crippen LogP) is 5.29. The summed E-state index contributed by atoms with van der Waals surface area (Å²) in [6.07, 6.45) is 0. The maximum atomic E-state index is 13.1. The molecule has 7 nitrogen and oxygen atoms in total. The van der Waals surface area contributed by atoms with Crippen molar-refractivity contribution < 1.29 is 18.7 Å². The second-order valence-corrected chi connectivity index (χ2v) is 8.18. The SMILES string of the molecule is O=C(COC(=O)c1ccccc1-c1nc2ccccc2[nH]1)Nc1nc(-c2ccc(F)cc2)cs1. The van der Waals surface area contributed by atoms with Crippen LogP contribution >= 0.6 is 11.3 Å². The summed E-state index contributed by atoms with van der Waals surface area (Å²) in [4.78, 5) is 37.1. The fourth-order valence-electron chi connectivity index (χ4n) is 3.40. The predicted molar refractivity (Wildman–Crippen MR) is 128 cm³/mol. The van der Waals surface area contributed by atoms with E-state index in [2.05, 4.69) is 20.3 Å². The summed E-state index contributed by atoms with van der Waals surface area (Å²) in [6.45, 7) is -0.473. The number of benzene rings is 3. The van der Waals surface area contributed by atoms with E-state index in [1.54, 1.807) is 41.8 Å². The number of fused-ring (bicyclic) bond motifs is 1. The van der Waals surface area contributed by atoms with Gasteiger partial charge in [0.05, 0.1) is 22.3 Å². The van der Waals surface area contributed by atoms with Gasteiger partial charge in [-0.1, -0.05) is 30.3 Å². The molecule has 9 heteroatoms. The summed E-state index contributed by atoms with van der Waals surface area (Å²) in [5, 5.41) is 4.71. The number of thiazole rings is 1. The van der Waals surface area contributed by atoms with Crippen LogP contribution in [0.25, 0.3) is 33.7 Å². The first kappa shape index (κ1) is 21.5. The number of amides is 1. The molecule has 0 atom stereocenters. The van der Waals surface area contributed by atoms with E-state index in [9.17, 15) is 14.0 Å². The van der Waals surface area contributed by atoms with Crippen LogP contribution in [-0.2, 0) is 9.53 Å². The minimum absolute atomic E-state index is 0.294. The van der Waals surface area contributed by atoms with Crippen molar-refractivity contribution in [3.05, 3.63) is 89.6 Å². The summed E-state index contributed by atoms with van der Waals surface area (Å²) < 4.78 is 18.3. The third kappa shape index (κ3) is 4.55. The highest BCUT2D eigenvalue weighted by molar-refractivity contribution is 7.14. The lowest BCUT2D eigenvalue weighted by Gasteiger charge is -2.08. The van der Waals surface area contributed by atoms with Crippen molar-refractivity contribution in [3.63, 3.8) is 0 Å². The van der Waals surface area contributed by atoms with Crippen molar-refractivity contribution in [1.82, 2.24) is 15.0 Å². The molecule has 0 aliphatic heterocycles. The zero-order valence-electron chi connectivity index (χ0n) is 17.6. The highest BCUT2D eigenvalue weighted by atomic mass is 32.1. The molecule has 0 fully saturated rings. The maximum absolute atomic E-state index is 13.1. The molecule has 2 N–H and O–H groups in total. The van der Waals surface area contributed by atoms with E-state index >= 15 is 0 Å². The Kier molecular flexibility index (Phi) is 5.84. The van der Waals surface area contributed by atoms with E-state index in [0.29, 0.717) is 27.8 Å². The number of nitrogens with one attached hydrogen (secondary N) is 2. The molecule has 0 saturated heterocycles. The molecule has 3 aromatic carbocycles. The number of halogens is 1. The van der Waals surface area contributed by atoms with Crippen LogP contribution in [0, 0.1) is 5.82 Å². The largest absolute Gasteiger partial charge is 0.452 e. The monoisotopic (exact) mass is 472 g/mol. The molecule has 5 aromatic rings. The van der Waals surface area contributed by atoms with Gasteiger partial charge in [0.15, 0.2) is 11.7 Å². The van der Waals surface area contributed by atoms with Gasteiger partial charge in [-0.3, -0.25) is 10.1 Å². The molecule has 168 valence electrons. The van der Waals surface area contributed by atoms with Crippen LogP contribution in [0.5, 0.6) is 0 Å². The molecule has 5 rings (SSSR count). The summed E-state index contributed by atoms with van der Waals surface area (Å²) >= 11 is 1.22. The standard InChI is InChI=1S/C25H17FN4O3S/c26-16-11-9-15(10-12-16)21-14-34-25(29-21)30-22(31)13-33-24(32)18-6-2-1-5-17(18)23-27-19-7-3-4-8-20(19)28-23/h1-12,14H,13H2,(H,27,28)(H,29,30,31). The molecule has 2 aromatic heterocycles. The van der Waals surface area contributed by atoms with Crippen molar-refractivity contribution in [2.45, 2.75) is 0 Å². The Balaban J connectivity index is 1.24. The molecule has 0 unspecified atom stereocenters. The first-order valence-electron chi connectivity index (χ1n) is 10.3. The average molecular weight is 473 g/mol. The zero-order valence-corrected chi connectivity index (χ0v) is 18.4. The average Bonchev–Trinajstić information content (AvgIpc) is 3.50. The molecular weight excluding hydrogens is 455 g/mol. The smallest absolute Gasteiger partial charge is 0.339 e. The number of esters is 1. The summed E-state index contributed by atoms with van der Waals surface area (Å²) in [7, 11) is 0. The van der Waals surface area contributed by atoms with E-state index in [4.69, 9.17) is 4.74 Å². The molecule has 0 aliphatic rings. The van der Waals surface area contributed by atoms with Gasteiger partial charge in [0, 0.05) is 16.5 Å². The summed E-state index contributed by atoms with van der Waals surface area (Å²) in [6, 6.07) is 20.4. The Morgan fingerprint density at radius 3 is 2.56 bits per heavy atom. The normalized spacial score (nSPS) is 10.9. The number of hydrogen-bond donors (Lipinski definition) is 2. The Morgan fingerprint density at radius 1 is 0.971 bits per heavy atom. The molecule has 0 aliphatic carbocycles. The van der Waals surface area contributed by atoms with Crippen molar-refractivity contribution in [2.24, 2.45) is 0 Å². The molecule has 0 saturated carbocycles. The highest BCUT2D eigenvalue weighted by Gasteiger charge is 2.18. The van der Waals surface area contributed by atoms with Gasteiger partial charge in [0.1, 0.15) is 11.6 Å². The lowest BCUT2D eigenvalue weighted by molar-refractivity contribution is -0.119. The number of ether oxygens (including phenoxy) is 1. The van der Waals surface area contributed by atoms with Crippen molar-refractivity contribution >= 4 is 39.4 Å². The van der Waals surface area contributed by atoms with E-state index in [1.807, 2.05) is 24.3 Å². The number of rotatable bonds is 6. The number of aromatic amines is 1. The number of aromatic nitrogens is 3. The number of carbonyl (C=O) groups is 2. The molecule has 0 radical (unpaired) electrons. The zero-order chi connectivity index (χ0) is 23.5. The molecule has 2 heterocycles. The molecule has 34 heavy (non-hydrogen) atoms. The molecule has 0 spiro atoms. The number of carbonyl (C=O) groups excluding carboxylic acids is 2. The number of H-pyrrole nitrogens is 1. The minimum Gasteiger partial charge on any atom is -0.452 e. The first-order valence-corrected chi connectivity index (χ1v) is 11.2. The van der Waals surface area contributed by atoms with Crippen LogP contribution in [0.3, 0.4) is 0 Å². The lowest BCUT2D eigenvalue weighted by atomic mass is 10.1. The van der Waals surface area contributed by atoms with Gasteiger partial charge in [-0.05, 0) is 42.5 Å². The third-order valence-electron chi connectivity index (χ3n) is 5.02. The minimum atomic E-state index is -0.641. The van der Waals surface area contributed by atoms with Crippen LogP contribution in [-0.4, -0.2) is 33.4 Å². The maximum Gasteiger partial charge on any atom is 0.339 e. The summed E-state index contributed by atoms with van der Waals surface area (Å²) in [5.41, 5.74) is 3.84. The highest BCUT2D eigenvalue weighted by Crippen LogP contribution is 2.26. The van der Waals surface area contributed by atoms with Crippen LogP contribution < -0.4 is 5.32 Å². The Bertz CT molecular complexity index is 1460.